The molecule has 0 atom stereocenters. The zero-order valence-corrected chi connectivity index (χ0v) is 9.43. The van der Waals surface area contributed by atoms with Crippen LogP contribution in [0.3, 0.4) is 0 Å². The van der Waals surface area contributed by atoms with Crippen molar-refractivity contribution in [2.24, 2.45) is 5.92 Å². The largest absolute Gasteiger partial charge is 0.493 e. The first-order chi connectivity index (χ1) is 8.34. The minimum Gasteiger partial charge on any atom is -0.493 e. The normalized spacial score (nSPS) is 14.8. The molecule has 3 rings (SSSR count). The molecule has 88 valence electrons. The van der Waals surface area contributed by atoms with E-state index < -0.39 is 0 Å². The summed E-state index contributed by atoms with van der Waals surface area (Å²) in [5, 5.41) is 3.69. The second-order valence-electron chi connectivity index (χ2n) is 4.35. The van der Waals surface area contributed by atoms with Gasteiger partial charge in [-0.05, 0) is 24.8 Å². The molecule has 1 heterocycles. The fourth-order valence-corrected chi connectivity index (χ4v) is 1.76. The van der Waals surface area contributed by atoms with E-state index >= 15 is 0 Å². The first-order valence-electron chi connectivity index (χ1n) is 5.77. The van der Waals surface area contributed by atoms with Crippen molar-refractivity contribution in [2.75, 3.05) is 12.3 Å². The number of ether oxygens (including phenoxy) is 1. The van der Waals surface area contributed by atoms with Crippen molar-refractivity contribution in [2.45, 2.75) is 12.8 Å². The second-order valence-corrected chi connectivity index (χ2v) is 4.35. The van der Waals surface area contributed by atoms with Gasteiger partial charge in [0.2, 0.25) is 5.88 Å². The first kappa shape index (κ1) is 10.2. The fraction of sp³-hybridized carbons (Fsp3) is 0.308. The number of hydrogen-bond donors (Lipinski definition) is 1. The molecule has 0 bridgehead atoms. The third-order valence-electron chi connectivity index (χ3n) is 2.95. The molecule has 1 aromatic heterocycles. The lowest BCUT2D eigenvalue weighted by Gasteiger charge is -2.09. The highest BCUT2D eigenvalue weighted by atomic mass is 16.5. The zero-order valence-electron chi connectivity index (χ0n) is 9.43. The van der Waals surface area contributed by atoms with E-state index in [0.717, 1.165) is 29.4 Å². The van der Waals surface area contributed by atoms with Gasteiger partial charge in [-0.25, -0.2) is 0 Å². The van der Waals surface area contributed by atoms with Gasteiger partial charge in [0.15, 0.2) is 0 Å². The third-order valence-corrected chi connectivity index (χ3v) is 2.95. The van der Waals surface area contributed by atoms with Gasteiger partial charge < -0.3 is 15.0 Å². The molecule has 4 heteroatoms. The summed E-state index contributed by atoms with van der Waals surface area (Å²) in [6.45, 7) is 0.780. The van der Waals surface area contributed by atoms with Gasteiger partial charge in [0, 0.05) is 5.56 Å². The van der Waals surface area contributed by atoms with E-state index in [1.165, 1.54) is 12.8 Å². The van der Waals surface area contributed by atoms with E-state index in [1.807, 2.05) is 24.3 Å². The molecule has 17 heavy (non-hydrogen) atoms. The lowest BCUT2D eigenvalue weighted by molar-refractivity contribution is 0.301. The van der Waals surface area contributed by atoms with Crippen LogP contribution in [0, 0.1) is 5.92 Å². The molecule has 1 fully saturated rings. The fourth-order valence-electron chi connectivity index (χ4n) is 1.76. The number of para-hydroxylation sites is 1. The van der Waals surface area contributed by atoms with E-state index in [0.29, 0.717) is 5.88 Å². The molecule has 4 nitrogen and oxygen atoms in total. The lowest BCUT2D eigenvalue weighted by atomic mass is 10.1. The molecule has 0 spiro atoms. The number of aromatic nitrogens is 1. The standard InChI is InChI=1S/C13H14N2O2/c14-13-11(7-15-17-13)10-3-1-2-4-12(10)16-8-9-5-6-9/h1-4,7,9H,5-6,8,14H2. The van der Waals surface area contributed by atoms with Crippen LogP contribution in [0.25, 0.3) is 11.1 Å². The van der Waals surface area contributed by atoms with E-state index in [2.05, 4.69) is 5.16 Å². The minimum absolute atomic E-state index is 0.326. The Hall–Kier alpha value is -1.97. The van der Waals surface area contributed by atoms with Crippen LogP contribution in [0.5, 0.6) is 5.75 Å². The van der Waals surface area contributed by atoms with E-state index in [4.69, 9.17) is 15.0 Å². The molecule has 1 saturated carbocycles. The van der Waals surface area contributed by atoms with Crippen molar-refractivity contribution in [3.05, 3.63) is 30.5 Å². The molecular formula is C13H14N2O2. The molecule has 1 aliphatic carbocycles. The van der Waals surface area contributed by atoms with Crippen LogP contribution >= 0.6 is 0 Å². The third kappa shape index (κ3) is 2.11. The molecule has 0 unspecified atom stereocenters. The summed E-state index contributed by atoms with van der Waals surface area (Å²) in [4.78, 5) is 0. The Morgan fingerprint density at radius 1 is 1.29 bits per heavy atom. The Bertz CT molecular complexity index is 518. The highest BCUT2D eigenvalue weighted by molar-refractivity contribution is 5.76. The van der Waals surface area contributed by atoms with Crippen LogP contribution in [0.15, 0.2) is 35.0 Å². The summed E-state index contributed by atoms with van der Waals surface area (Å²) < 4.78 is 10.7. The number of benzene rings is 1. The summed E-state index contributed by atoms with van der Waals surface area (Å²) in [6, 6.07) is 7.82. The maximum absolute atomic E-state index is 5.81. The summed E-state index contributed by atoms with van der Waals surface area (Å²) in [7, 11) is 0. The number of nitrogens with two attached hydrogens (primary N) is 1. The van der Waals surface area contributed by atoms with Crippen molar-refractivity contribution in [1.29, 1.82) is 0 Å². The van der Waals surface area contributed by atoms with Crippen LogP contribution in [0.2, 0.25) is 0 Å². The quantitative estimate of drug-likeness (QED) is 0.877. The van der Waals surface area contributed by atoms with Gasteiger partial charge in [0.05, 0.1) is 18.4 Å². The predicted octanol–water partition coefficient (Wildman–Crippen LogP) is 2.71. The molecule has 1 aliphatic rings. The second kappa shape index (κ2) is 4.13. The van der Waals surface area contributed by atoms with Gasteiger partial charge in [-0.1, -0.05) is 23.4 Å². The van der Waals surface area contributed by atoms with Crippen LogP contribution in [-0.2, 0) is 0 Å². The Morgan fingerprint density at radius 2 is 2.12 bits per heavy atom. The van der Waals surface area contributed by atoms with E-state index in [-0.39, 0.29) is 0 Å². The maximum Gasteiger partial charge on any atom is 0.230 e. The summed E-state index contributed by atoms with van der Waals surface area (Å²) in [5.41, 5.74) is 7.45. The van der Waals surface area contributed by atoms with Gasteiger partial charge in [-0.3, -0.25) is 0 Å². The predicted molar refractivity (Wildman–Crippen MR) is 64.6 cm³/mol. The Kier molecular flexibility index (Phi) is 2.48. The van der Waals surface area contributed by atoms with Crippen molar-refractivity contribution in [3.63, 3.8) is 0 Å². The van der Waals surface area contributed by atoms with Gasteiger partial charge in [0.25, 0.3) is 0 Å². The summed E-state index contributed by atoms with van der Waals surface area (Å²) in [6.07, 6.45) is 4.17. The average molecular weight is 230 g/mol. The van der Waals surface area contributed by atoms with E-state index in [1.54, 1.807) is 6.20 Å². The smallest absolute Gasteiger partial charge is 0.230 e. The monoisotopic (exact) mass is 230 g/mol. The molecule has 2 aromatic rings. The Labute approximate surface area is 99.4 Å². The topological polar surface area (TPSA) is 61.3 Å². The molecule has 0 radical (unpaired) electrons. The van der Waals surface area contributed by atoms with Crippen LogP contribution in [-0.4, -0.2) is 11.8 Å². The zero-order chi connectivity index (χ0) is 11.7. The van der Waals surface area contributed by atoms with Crippen LogP contribution in [0.4, 0.5) is 5.88 Å². The molecule has 2 N–H and O–H groups in total. The Morgan fingerprint density at radius 3 is 2.82 bits per heavy atom. The lowest BCUT2D eigenvalue weighted by Crippen LogP contribution is -2.00. The number of nitrogens with zero attached hydrogens (tertiary/aromatic N) is 1. The highest BCUT2D eigenvalue weighted by Gasteiger charge is 2.22. The van der Waals surface area contributed by atoms with Crippen LogP contribution < -0.4 is 10.5 Å². The van der Waals surface area contributed by atoms with Gasteiger partial charge >= 0.3 is 0 Å². The van der Waals surface area contributed by atoms with Gasteiger partial charge in [-0.2, -0.15) is 0 Å². The molecule has 0 aliphatic heterocycles. The minimum atomic E-state index is 0.326. The van der Waals surface area contributed by atoms with Crippen molar-refractivity contribution < 1.29 is 9.26 Å². The molecular weight excluding hydrogens is 216 g/mol. The molecule has 0 saturated heterocycles. The molecule has 0 amide bonds. The number of hydrogen-bond acceptors (Lipinski definition) is 4. The number of rotatable bonds is 4. The summed E-state index contributed by atoms with van der Waals surface area (Å²) >= 11 is 0. The SMILES string of the molecule is Nc1oncc1-c1ccccc1OCC1CC1. The van der Waals surface area contributed by atoms with Gasteiger partial charge in [0.1, 0.15) is 5.75 Å². The molecule has 1 aromatic carbocycles. The number of anilines is 1. The average Bonchev–Trinajstić information content (AvgIpc) is 3.09. The Balaban J connectivity index is 1.89. The van der Waals surface area contributed by atoms with E-state index in [9.17, 15) is 0 Å². The van der Waals surface area contributed by atoms with Crippen molar-refractivity contribution in [1.82, 2.24) is 5.16 Å². The number of nitrogen functional groups attached to an aromatic ring is 1. The maximum atomic E-state index is 5.81. The highest BCUT2D eigenvalue weighted by Crippen LogP contribution is 2.35. The first-order valence-corrected chi connectivity index (χ1v) is 5.77. The van der Waals surface area contributed by atoms with Crippen molar-refractivity contribution in [3.8, 4) is 16.9 Å². The van der Waals surface area contributed by atoms with Gasteiger partial charge in [-0.15, -0.1) is 0 Å². The van der Waals surface area contributed by atoms with Crippen molar-refractivity contribution >= 4 is 5.88 Å². The summed E-state index contributed by atoms with van der Waals surface area (Å²) in [5.74, 6) is 1.89. The van der Waals surface area contributed by atoms with Crippen LogP contribution in [0.1, 0.15) is 12.8 Å².